The Hall–Kier alpha value is -2.73. The number of hydrogen-bond acceptors (Lipinski definition) is 5. The van der Waals surface area contributed by atoms with Gasteiger partial charge in [0.15, 0.2) is 0 Å². The molecular formula is C16H12FN3OS. The quantitative estimate of drug-likeness (QED) is 0.510. The predicted molar refractivity (Wildman–Crippen MR) is 86.0 cm³/mol. The Balaban J connectivity index is 2.03. The maximum atomic E-state index is 13.5. The molecular weight excluding hydrogens is 301 g/mol. The molecule has 1 heterocycles. The Kier molecular flexibility index (Phi) is 3.60. The summed E-state index contributed by atoms with van der Waals surface area (Å²) in [5.74, 6) is -0.725. The van der Waals surface area contributed by atoms with E-state index < -0.39 is 5.82 Å². The summed E-state index contributed by atoms with van der Waals surface area (Å²) in [5.41, 5.74) is 6.63. The van der Waals surface area contributed by atoms with Gasteiger partial charge in [-0.3, -0.25) is 5.41 Å². The molecule has 0 aliphatic heterocycles. The highest BCUT2D eigenvalue weighted by molar-refractivity contribution is 7.17. The molecule has 0 amide bonds. The molecule has 3 aromatic rings. The van der Waals surface area contributed by atoms with Crippen LogP contribution < -0.4 is 5.73 Å². The molecule has 0 unspecified atom stereocenters. The van der Waals surface area contributed by atoms with Crippen LogP contribution in [-0.2, 0) is 0 Å². The summed E-state index contributed by atoms with van der Waals surface area (Å²) in [6, 6.07) is 13.5. The summed E-state index contributed by atoms with van der Waals surface area (Å²) in [6.45, 7) is 0. The number of rotatable bonds is 3. The Morgan fingerprint density at radius 1 is 1.14 bits per heavy atom. The first-order valence-electron chi connectivity index (χ1n) is 6.46. The van der Waals surface area contributed by atoms with E-state index in [1.165, 1.54) is 23.5 Å². The van der Waals surface area contributed by atoms with Gasteiger partial charge in [0, 0.05) is 5.56 Å². The van der Waals surface area contributed by atoms with Crippen molar-refractivity contribution in [1.82, 2.24) is 4.98 Å². The largest absolute Gasteiger partial charge is 0.492 e. The lowest BCUT2D eigenvalue weighted by Gasteiger charge is -2.05. The molecule has 4 N–H and O–H groups in total. The van der Waals surface area contributed by atoms with Crippen molar-refractivity contribution in [2.45, 2.75) is 0 Å². The van der Waals surface area contributed by atoms with E-state index in [-0.39, 0.29) is 27.9 Å². The maximum Gasteiger partial charge on any atom is 0.230 e. The number of thiazole rings is 1. The van der Waals surface area contributed by atoms with Crippen LogP contribution in [0.1, 0.15) is 10.6 Å². The number of hydrogen-bond donors (Lipinski definition) is 3. The first kappa shape index (κ1) is 14.2. The molecule has 1 aromatic heterocycles. The van der Waals surface area contributed by atoms with E-state index in [0.717, 1.165) is 5.56 Å². The van der Waals surface area contributed by atoms with E-state index in [9.17, 15) is 9.50 Å². The lowest BCUT2D eigenvalue weighted by molar-refractivity contribution is 0.459. The molecule has 6 heteroatoms. The first-order chi connectivity index (χ1) is 10.6. The highest BCUT2D eigenvalue weighted by atomic mass is 32.1. The minimum Gasteiger partial charge on any atom is -0.492 e. The van der Waals surface area contributed by atoms with Crippen LogP contribution in [0.4, 0.5) is 10.1 Å². The van der Waals surface area contributed by atoms with Gasteiger partial charge in [-0.15, -0.1) is 11.3 Å². The van der Waals surface area contributed by atoms with E-state index in [0.29, 0.717) is 4.88 Å². The first-order valence-corrected chi connectivity index (χ1v) is 7.28. The number of para-hydroxylation sites is 1. The van der Waals surface area contributed by atoms with Gasteiger partial charge in [0.25, 0.3) is 0 Å². The SMILES string of the molecule is N=C(c1nc(O)c(-c2ccccc2)s1)c1cccc(F)c1N. The molecule has 3 rings (SSSR count). The number of anilines is 1. The number of nitrogens with one attached hydrogen (secondary N) is 1. The van der Waals surface area contributed by atoms with Crippen molar-refractivity contribution in [2.75, 3.05) is 5.73 Å². The fraction of sp³-hybridized carbons (Fsp3) is 0. The van der Waals surface area contributed by atoms with Gasteiger partial charge in [-0.25, -0.2) is 4.39 Å². The van der Waals surface area contributed by atoms with Crippen LogP contribution in [0.15, 0.2) is 48.5 Å². The molecule has 2 aromatic carbocycles. The number of nitrogen functional groups attached to an aromatic ring is 1. The van der Waals surface area contributed by atoms with Crippen molar-refractivity contribution < 1.29 is 9.50 Å². The average molecular weight is 313 g/mol. The molecule has 0 spiro atoms. The smallest absolute Gasteiger partial charge is 0.230 e. The van der Waals surface area contributed by atoms with Crippen LogP contribution in [0.25, 0.3) is 10.4 Å². The Morgan fingerprint density at radius 2 is 1.86 bits per heavy atom. The van der Waals surface area contributed by atoms with Crippen molar-refractivity contribution in [2.24, 2.45) is 0 Å². The second-order valence-corrected chi connectivity index (χ2v) is 5.61. The second kappa shape index (κ2) is 5.57. The van der Waals surface area contributed by atoms with Crippen molar-refractivity contribution in [3.05, 3.63) is 64.9 Å². The molecule has 22 heavy (non-hydrogen) atoms. The third-order valence-electron chi connectivity index (χ3n) is 3.18. The molecule has 4 nitrogen and oxygen atoms in total. The normalized spacial score (nSPS) is 10.6. The molecule has 0 fully saturated rings. The Labute approximate surface area is 130 Å². The van der Waals surface area contributed by atoms with Gasteiger partial charge in [0.05, 0.1) is 16.3 Å². The summed E-state index contributed by atoms with van der Waals surface area (Å²) >= 11 is 1.17. The third kappa shape index (κ3) is 2.44. The molecule has 0 saturated heterocycles. The minimum atomic E-state index is -0.577. The maximum absolute atomic E-state index is 13.5. The van der Waals surface area contributed by atoms with Gasteiger partial charge in [0.2, 0.25) is 5.88 Å². The van der Waals surface area contributed by atoms with Crippen molar-refractivity contribution in [1.29, 1.82) is 5.41 Å². The molecule has 0 atom stereocenters. The zero-order valence-electron chi connectivity index (χ0n) is 11.4. The number of nitrogens with zero attached hydrogens (tertiary/aromatic N) is 1. The molecule has 0 aliphatic rings. The van der Waals surface area contributed by atoms with Crippen LogP contribution in [0, 0.1) is 11.2 Å². The average Bonchev–Trinajstić information content (AvgIpc) is 2.92. The van der Waals surface area contributed by atoms with Crippen LogP contribution in [0.3, 0.4) is 0 Å². The summed E-state index contributed by atoms with van der Waals surface area (Å²) in [5, 5.41) is 18.5. The van der Waals surface area contributed by atoms with Gasteiger partial charge >= 0.3 is 0 Å². The highest BCUT2D eigenvalue weighted by Gasteiger charge is 2.18. The Bertz CT molecular complexity index is 846. The lowest BCUT2D eigenvalue weighted by Crippen LogP contribution is -2.06. The molecule has 0 bridgehead atoms. The number of halogens is 1. The minimum absolute atomic E-state index is 0.0144. The predicted octanol–water partition coefficient (Wildman–Crippen LogP) is 3.65. The summed E-state index contributed by atoms with van der Waals surface area (Å²) in [7, 11) is 0. The van der Waals surface area contributed by atoms with Crippen LogP contribution >= 0.6 is 11.3 Å². The zero-order valence-corrected chi connectivity index (χ0v) is 12.2. The summed E-state index contributed by atoms with van der Waals surface area (Å²) < 4.78 is 13.5. The van der Waals surface area contributed by atoms with Gasteiger partial charge in [-0.2, -0.15) is 4.98 Å². The Morgan fingerprint density at radius 3 is 2.59 bits per heavy atom. The number of aromatic nitrogens is 1. The highest BCUT2D eigenvalue weighted by Crippen LogP contribution is 2.36. The van der Waals surface area contributed by atoms with Gasteiger partial charge < -0.3 is 10.8 Å². The fourth-order valence-corrected chi connectivity index (χ4v) is 3.00. The number of nitrogens with two attached hydrogens (primary N) is 1. The lowest BCUT2D eigenvalue weighted by atomic mass is 10.1. The summed E-state index contributed by atoms with van der Waals surface area (Å²) in [6.07, 6.45) is 0. The van der Waals surface area contributed by atoms with E-state index in [1.54, 1.807) is 6.07 Å². The van der Waals surface area contributed by atoms with E-state index in [4.69, 9.17) is 11.1 Å². The standard InChI is InChI=1S/C16H12FN3OS/c17-11-8-4-7-10(12(11)18)13(19)16-20-15(21)14(22-16)9-5-2-1-3-6-9/h1-8,19,21H,18H2. The van der Waals surface area contributed by atoms with Crippen molar-refractivity contribution >= 4 is 22.7 Å². The molecule has 0 aliphatic carbocycles. The van der Waals surface area contributed by atoms with Crippen molar-refractivity contribution in [3.8, 4) is 16.3 Å². The molecule has 0 radical (unpaired) electrons. The van der Waals surface area contributed by atoms with Crippen LogP contribution in [0.5, 0.6) is 5.88 Å². The van der Waals surface area contributed by atoms with Crippen LogP contribution in [-0.4, -0.2) is 15.8 Å². The van der Waals surface area contributed by atoms with Crippen molar-refractivity contribution in [3.63, 3.8) is 0 Å². The van der Waals surface area contributed by atoms with Crippen LogP contribution in [0.2, 0.25) is 0 Å². The van der Waals surface area contributed by atoms with E-state index in [2.05, 4.69) is 4.98 Å². The zero-order chi connectivity index (χ0) is 15.7. The number of benzene rings is 2. The van der Waals surface area contributed by atoms with Gasteiger partial charge in [-0.05, 0) is 11.6 Å². The topological polar surface area (TPSA) is 83.0 Å². The van der Waals surface area contributed by atoms with Gasteiger partial charge in [0.1, 0.15) is 10.8 Å². The second-order valence-electron chi connectivity index (χ2n) is 4.61. The fourth-order valence-electron chi connectivity index (χ4n) is 2.07. The van der Waals surface area contributed by atoms with Gasteiger partial charge in [-0.1, -0.05) is 42.5 Å². The summed E-state index contributed by atoms with van der Waals surface area (Å²) in [4.78, 5) is 4.57. The monoisotopic (exact) mass is 313 g/mol. The van der Waals surface area contributed by atoms with E-state index >= 15 is 0 Å². The van der Waals surface area contributed by atoms with E-state index in [1.807, 2.05) is 30.3 Å². The number of aromatic hydroxyl groups is 1. The third-order valence-corrected chi connectivity index (χ3v) is 4.29. The molecule has 0 saturated carbocycles. The molecule has 110 valence electrons.